The molecular weight excluding hydrogens is 390 g/mol. The molecule has 2 aromatic carbocycles. The van der Waals surface area contributed by atoms with Gasteiger partial charge >= 0.3 is 5.97 Å². The highest BCUT2D eigenvalue weighted by molar-refractivity contribution is 5.93. The van der Waals surface area contributed by atoms with Crippen LogP contribution in [0.3, 0.4) is 0 Å². The second-order valence-corrected chi connectivity index (χ2v) is 7.52. The van der Waals surface area contributed by atoms with Crippen molar-refractivity contribution in [2.75, 3.05) is 30.4 Å². The van der Waals surface area contributed by atoms with Gasteiger partial charge in [-0.3, -0.25) is 4.98 Å². The first-order chi connectivity index (χ1) is 15.1. The normalized spacial score (nSPS) is 14.8. The second kappa shape index (κ2) is 8.92. The predicted octanol–water partition coefficient (Wildman–Crippen LogP) is 5.17. The largest absolute Gasteiger partial charge is 0.493 e. The van der Waals surface area contributed by atoms with E-state index in [-0.39, 0.29) is 11.5 Å². The number of benzene rings is 2. The summed E-state index contributed by atoms with van der Waals surface area (Å²) in [6, 6.07) is 16.0. The first kappa shape index (κ1) is 20.5. The van der Waals surface area contributed by atoms with Crippen LogP contribution in [0.2, 0.25) is 0 Å². The SMILES string of the molecule is C=Cc1ccc(N(C)c2ccc3c(c2)OCC[C@H]3CNc2cnccc2C(=O)O)cc1. The number of hydrogen-bond acceptors (Lipinski definition) is 5. The number of carboxylic acids is 1. The van der Waals surface area contributed by atoms with Gasteiger partial charge in [0.15, 0.2) is 0 Å². The second-order valence-electron chi connectivity index (χ2n) is 7.52. The maximum atomic E-state index is 11.4. The Morgan fingerprint density at radius 1 is 1.26 bits per heavy atom. The Morgan fingerprint density at radius 2 is 2.03 bits per heavy atom. The van der Waals surface area contributed by atoms with Crippen LogP contribution in [-0.2, 0) is 0 Å². The van der Waals surface area contributed by atoms with Gasteiger partial charge in [0, 0.05) is 43.1 Å². The van der Waals surface area contributed by atoms with Crippen LogP contribution >= 0.6 is 0 Å². The highest BCUT2D eigenvalue weighted by Gasteiger charge is 2.23. The Balaban J connectivity index is 1.52. The molecule has 2 N–H and O–H groups in total. The fraction of sp³-hybridized carbons (Fsp3) is 0.200. The van der Waals surface area contributed by atoms with Crippen LogP contribution in [0, 0.1) is 0 Å². The number of aromatic nitrogens is 1. The summed E-state index contributed by atoms with van der Waals surface area (Å²) >= 11 is 0. The van der Waals surface area contributed by atoms with Gasteiger partial charge in [-0.15, -0.1) is 0 Å². The van der Waals surface area contributed by atoms with E-state index in [4.69, 9.17) is 4.74 Å². The van der Waals surface area contributed by atoms with Crippen LogP contribution in [0.4, 0.5) is 17.1 Å². The number of pyridine rings is 1. The minimum atomic E-state index is -0.967. The third-order valence-electron chi connectivity index (χ3n) is 5.65. The number of anilines is 3. The van der Waals surface area contributed by atoms with Crippen LogP contribution in [0.5, 0.6) is 5.75 Å². The van der Waals surface area contributed by atoms with Crippen LogP contribution in [-0.4, -0.2) is 36.3 Å². The molecule has 158 valence electrons. The Morgan fingerprint density at radius 3 is 2.77 bits per heavy atom. The predicted molar refractivity (Wildman–Crippen MR) is 124 cm³/mol. The fourth-order valence-corrected chi connectivity index (χ4v) is 3.81. The minimum Gasteiger partial charge on any atom is -0.493 e. The van der Waals surface area contributed by atoms with Crippen molar-refractivity contribution in [1.29, 1.82) is 0 Å². The van der Waals surface area contributed by atoms with Gasteiger partial charge in [-0.05, 0) is 41.8 Å². The summed E-state index contributed by atoms with van der Waals surface area (Å²) in [5.41, 5.74) is 5.08. The molecule has 0 radical (unpaired) electrons. The Kier molecular flexibility index (Phi) is 5.89. The summed E-state index contributed by atoms with van der Waals surface area (Å²) in [6.07, 6.45) is 5.73. The molecule has 0 saturated heterocycles. The van der Waals surface area contributed by atoms with Gasteiger partial charge in [0.2, 0.25) is 0 Å². The topological polar surface area (TPSA) is 74.7 Å². The van der Waals surface area contributed by atoms with E-state index >= 15 is 0 Å². The summed E-state index contributed by atoms with van der Waals surface area (Å²) in [6.45, 7) is 5.03. The van der Waals surface area contributed by atoms with Crippen molar-refractivity contribution in [1.82, 2.24) is 4.98 Å². The lowest BCUT2D eigenvalue weighted by molar-refractivity contribution is 0.0697. The number of rotatable bonds is 7. The number of carbonyl (C=O) groups is 1. The van der Waals surface area contributed by atoms with E-state index < -0.39 is 5.97 Å². The van der Waals surface area contributed by atoms with E-state index in [2.05, 4.69) is 52.1 Å². The lowest BCUT2D eigenvalue weighted by Gasteiger charge is -2.28. The molecule has 0 saturated carbocycles. The van der Waals surface area contributed by atoms with E-state index in [0.29, 0.717) is 18.8 Å². The smallest absolute Gasteiger partial charge is 0.337 e. The minimum absolute atomic E-state index is 0.219. The Labute approximate surface area is 181 Å². The zero-order valence-corrected chi connectivity index (χ0v) is 17.4. The molecule has 0 fully saturated rings. The first-order valence-corrected chi connectivity index (χ1v) is 10.2. The van der Waals surface area contributed by atoms with Gasteiger partial charge in [0.1, 0.15) is 5.75 Å². The van der Waals surface area contributed by atoms with Crippen molar-refractivity contribution in [3.8, 4) is 5.75 Å². The molecule has 0 unspecified atom stereocenters. The van der Waals surface area contributed by atoms with Gasteiger partial charge in [-0.25, -0.2) is 4.79 Å². The molecule has 31 heavy (non-hydrogen) atoms. The lowest BCUT2D eigenvalue weighted by Crippen LogP contribution is -2.22. The fourth-order valence-electron chi connectivity index (χ4n) is 3.81. The van der Waals surface area contributed by atoms with Crippen LogP contribution < -0.4 is 15.0 Å². The zero-order valence-electron chi connectivity index (χ0n) is 17.4. The monoisotopic (exact) mass is 415 g/mol. The molecule has 1 aliphatic heterocycles. The molecule has 0 amide bonds. The van der Waals surface area contributed by atoms with Gasteiger partial charge in [0.25, 0.3) is 0 Å². The highest BCUT2D eigenvalue weighted by Crippen LogP contribution is 2.38. The molecule has 2 heterocycles. The van der Waals surface area contributed by atoms with Gasteiger partial charge in [0.05, 0.1) is 24.1 Å². The molecule has 0 bridgehead atoms. The quantitative estimate of drug-likeness (QED) is 0.555. The summed E-state index contributed by atoms with van der Waals surface area (Å²) in [7, 11) is 2.03. The van der Waals surface area contributed by atoms with Crippen molar-refractivity contribution < 1.29 is 14.6 Å². The standard InChI is InChI=1S/C25H25N3O3/c1-3-17-4-6-19(7-5-17)28(2)20-8-9-21-18(11-13-31-24(21)14-20)15-27-23-16-26-12-10-22(23)25(29)30/h3-10,12,14,16,18,27H,1,11,13,15H2,2H3,(H,29,30)/t18-/m0/s1. The molecule has 0 aliphatic carbocycles. The van der Waals surface area contributed by atoms with Crippen LogP contribution in [0.1, 0.15) is 33.8 Å². The van der Waals surface area contributed by atoms with E-state index in [0.717, 1.165) is 34.7 Å². The van der Waals surface area contributed by atoms with E-state index in [1.807, 2.05) is 25.3 Å². The number of carboxylic acid groups (broad SMARTS) is 1. The summed E-state index contributed by atoms with van der Waals surface area (Å²) in [4.78, 5) is 17.6. The maximum absolute atomic E-state index is 11.4. The van der Waals surface area contributed by atoms with Crippen molar-refractivity contribution in [2.45, 2.75) is 12.3 Å². The molecule has 1 aliphatic rings. The molecule has 1 aromatic heterocycles. The number of fused-ring (bicyclic) bond motifs is 1. The number of hydrogen-bond donors (Lipinski definition) is 2. The van der Waals surface area contributed by atoms with Gasteiger partial charge in [-0.1, -0.05) is 30.9 Å². The number of nitrogens with zero attached hydrogens (tertiary/aromatic N) is 2. The third kappa shape index (κ3) is 4.38. The molecule has 6 nitrogen and oxygen atoms in total. The van der Waals surface area contributed by atoms with Crippen molar-refractivity contribution in [2.24, 2.45) is 0 Å². The zero-order chi connectivity index (χ0) is 21.8. The third-order valence-corrected chi connectivity index (χ3v) is 5.65. The highest BCUT2D eigenvalue weighted by atomic mass is 16.5. The molecule has 0 spiro atoms. The van der Waals surface area contributed by atoms with Gasteiger partial charge in [-0.2, -0.15) is 0 Å². The maximum Gasteiger partial charge on any atom is 0.337 e. The lowest BCUT2D eigenvalue weighted by atomic mass is 9.92. The Bertz CT molecular complexity index is 1100. The molecule has 6 heteroatoms. The average Bonchev–Trinajstić information content (AvgIpc) is 2.82. The average molecular weight is 415 g/mol. The molecular formula is C25H25N3O3. The van der Waals surface area contributed by atoms with Crippen LogP contribution in [0.25, 0.3) is 6.08 Å². The van der Waals surface area contributed by atoms with E-state index in [9.17, 15) is 9.90 Å². The summed E-state index contributed by atoms with van der Waals surface area (Å²) in [5, 5.41) is 12.6. The molecule has 4 rings (SSSR count). The summed E-state index contributed by atoms with van der Waals surface area (Å²) < 4.78 is 5.96. The van der Waals surface area contributed by atoms with Crippen LogP contribution in [0.15, 0.2) is 67.5 Å². The number of aromatic carboxylic acids is 1. The van der Waals surface area contributed by atoms with Gasteiger partial charge < -0.3 is 20.1 Å². The first-order valence-electron chi connectivity index (χ1n) is 10.2. The van der Waals surface area contributed by atoms with Crippen molar-refractivity contribution in [3.05, 3.63) is 84.2 Å². The molecule has 3 aromatic rings. The molecule has 1 atom stereocenters. The van der Waals surface area contributed by atoms with E-state index in [1.54, 1.807) is 6.20 Å². The van der Waals surface area contributed by atoms with Crippen molar-refractivity contribution >= 4 is 29.1 Å². The van der Waals surface area contributed by atoms with E-state index in [1.165, 1.54) is 12.3 Å². The number of nitrogens with one attached hydrogen (secondary N) is 1. The number of ether oxygens (including phenoxy) is 1. The Hall–Kier alpha value is -3.80. The summed E-state index contributed by atoms with van der Waals surface area (Å²) in [5.74, 6) is 0.123. The van der Waals surface area contributed by atoms with Crippen molar-refractivity contribution in [3.63, 3.8) is 0 Å².